The van der Waals surface area contributed by atoms with Gasteiger partial charge in [0.05, 0.1) is 24.5 Å². The van der Waals surface area contributed by atoms with Crippen LogP contribution in [0.3, 0.4) is 0 Å². The summed E-state index contributed by atoms with van der Waals surface area (Å²) in [6.45, 7) is 0.190. The van der Waals surface area contributed by atoms with Gasteiger partial charge in [0.25, 0.3) is 0 Å². The van der Waals surface area contributed by atoms with Gasteiger partial charge in [-0.15, -0.1) is 0 Å². The van der Waals surface area contributed by atoms with Crippen molar-refractivity contribution in [3.8, 4) is 0 Å². The molecule has 18 heavy (non-hydrogen) atoms. The van der Waals surface area contributed by atoms with Crippen molar-refractivity contribution in [3.05, 3.63) is 35.9 Å². The van der Waals surface area contributed by atoms with E-state index in [0.29, 0.717) is 0 Å². The molecule has 0 unspecified atom stereocenters. The number of hydrogen-bond acceptors (Lipinski definition) is 5. The predicted octanol–water partition coefficient (Wildman–Crippen LogP) is 2.39. The fourth-order valence-electron chi connectivity index (χ4n) is 2.11. The van der Waals surface area contributed by atoms with Crippen LogP contribution < -0.4 is 0 Å². The quantitative estimate of drug-likeness (QED) is 0.575. The van der Waals surface area contributed by atoms with Crippen molar-refractivity contribution in [2.75, 3.05) is 6.61 Å². The van der Waals surface area contributed by atoms with Crippen molar-refractivity contribution < 1.29 is 19.0 Å². The number of ether oxygens (including phenoxy) is 1. The Morgan fingerprint density at radius 3 is 2.56 bits per heavy atom. The fourth-order valence-corrected chi connectivity index (χ4v) is 2.68. The monoisotopic (exact) mass is 289 g/mol. The van der Waals surface area contributed by atoms with Gasteiger partial charge < -0.3 is 4.74 Å². The maximum absolute atomic E-state index is 9.03. The molecule has 0 aromatic heterocycles. The van der Waals surface area contributed by atoms with Crippen molar-refractivity contribution in [2.24, 2.45) is 0 Å². The van der Waals surface area contributed by atoms with Gasteiger partial charge in [-0.2, -0.15) is 14.3 Å². The van der Waals surface area contributed by atoms with Gasteiger partial charge in [0.15, 0.2) is 0 Å². The second-order valence-corrected chi connectivity index (χ2v) is 7.30. The maximum Gasteiger partial charge on any atom is 0.472 e. The Kier molecular flexibility index (Phi) is 5.01. The lowest BCUT2D eigenvalue weighted by Gasteiger charge is -2.13. The van der Waals surface area contributed by atoms with Gasteiger partial charge in [-0.3, -0.25) is 0 Å². The zero-order valence-electron chi connectivity index (χ0n) is 9.98. The van der Waals surface area contributed by atoms with Crippen molar-refractivity contribution in [2.45, 2.75) is 31.5 Å². The van der Waals surface area contributed by atoms with E-state index in [1.807, 2.05) is 18.2 Å². The standard InChI is InChI=1S/C12H18O4PS/c13-17(14,18)15-9-12-7-6-11(16-12)8-10-4-2-1-3-5-10/h1-5,11-14,18H,6-9H2/q+1/t11-,12+/m1/s1. The first kappa shape index (κ1) is 14.3. The van der Waals surface area contributed by atoms with Crippen LogP contribution in [0.2, 0.25) is 0 Å². The second-order valence-electron chi connectivity index (χ2n) is 4.46. The molecule has 0 spiro atoms. The van der Waals surface area contributed by atoms with E-state index < -0.39 is 7.15 Å². The Bertz CT molecular complexity index is 368. The molecule has 2 atom stereocenters. The Morgan fingerprint density at radius 1 is 1.22 bits per heavy atom. The van der Waals surface area contributed by atoms with Crippen LogP contribution >= 0.6 is 19.4 Å². The molecule has 6 heteroatoms. The summed E-state index contributed by atoms with van der Waals surface area (Å²) in [6.07, 6.45) is 2.86. The summed E-state index contributed by atoms with van der Waals surface area (Å²) in [7, 11) is -3.44. The molecule has 1 heterocycles. The smallest absolute Gasteiger partial charge is 0.372 e. The van der Waals surface area contributed by atoms with Gasteiger partial charge in [0.2, 0.25) is 0 Å². The summed E-state index contributed by atoms with van der Waals surface area (Å²) in [5.41, 5.74) is 1.25. The van der Waals surface area contributed by atoms with Crippen LogP contribution in [0, 0.1) is 0 Å². The summed E-state index contributed by atoms with van der Waals surface area (Å²) in [5.74, 6) is 0. The molecule has 1 aromatic rings. The van der Waals surface area contributed by atoms with E-state index in [1.165, 1.54) is 5.56 Å². The van der Waals surface area contributed by atoms with Crippen LogP contribution in [-0.2, 0) is 15.7 Å². The molecule has 1 aliphatic rings. The number of thiol groups is 1. The minimum Gasteiger partial charge on any atom is -0.372 e. The SMILES string of the molecule is O[P+](O)(S)OC[C@@H]1CC[C@H](Cc2ccccc2)O1. The average molecular weight is 289 g/mol. The van der Waals surface area contributed by atoms with Crippen molar-refractivity contribution in [1.29, 1.82) is 0 Å². The molecular formula is C12H18O4PS+. The van der Waals surface area contributed by atoms with E-state index in [0.717, 1.165) is 19.3 Å². The Morgan fingerprint density at radius 2 is 1.89 bits per heavy atom. The number of hydrogen-bond donors (Lipinski definition) is 3. The number of benzene rings is 1. The Labute approximate surface area is 113 Å². The molecule has 1 aliphatic heterocycles. The van der Waals surface area contributed by atoms with Crippen molar-refractivity contribution in [1.82, 2.24) is 0 Å². The summed E-state index contributed by atoms with van der Waals surface area (Å²) in [6, 6.07) is 10.2. The molecule has 0 aliphatic carbocycles. The summed E-state index contributed by atoms with van der Waals surface area (Å²) >= 11 is 3.57. The Hall–Kier alpha value is -0.160. The first-order valence-electron chi connectivity index (χ1n) is 5.94. The lowest BCUT2D eigenvalue weighted by atomic mass is 10.1. The van der Waals surface area contributed by atoms with E-state index in [-0.39, 0.29) is 18.8 Å². The third-order valence-electron chi connectivity index (χ3n) is 2.94. The van der Waals surface area contributed by atoms with Crippen LogP contribution in [0.5, 0.6) is 0 Å². The molecule has 4 nitrogen and oxygen atoms in total. The predicted molar refractivity (Wildman–Crippen MR) is 74.3 cm³/mol. The van der Waals surface area contributed by atoms with Gasteiger partial charge in [-0.25, -0.2) is 0 Å². The highest BCUT2D eigenvalue weighted by Crippen LogP contribution is 2.56. The van der Waals surface area contributed by atoms with Gasteiger partial charge in [0, 0.05) is 0 Å². The van der Waals surface area contributed by atoms with E-state index in [2.05, 4.69) is 24.4 Å². The van der Waals surface area contributed by atoms with Crippen LogP contribution in [-0.4, -0.2) is 28.6 Å². The summed E-state index contributed by atoms with van der Waals surface area (Å²) in [4.78, 5) is 18.1. The van der Waals surface area contributed by atoms with Crippen molar-refractivity contribution >= 4 is 19.4 Å². The third-order valence-corrected chi connectivity index (χ3v) is 3.78. The van der Waals surface area contributed by atoms with Crippen LogP contribution in [0.4, 0.5) is 0 Å². The molecule has 0 radical (unpaired) electrons. The third kappa shape index (κ3) is 4.84. The first-order valence-corrected chi connectivity index (χ1v) is 8.71. The fraction of sp³-hybridized carbons (Fsp3) is 0.500. The summed E-state index contributed by atoms with van der Waals surface area (Å²) < 4.78 is 10.7. The molecule has 2 N–H and O–H groups in total. The topological polar surface area (TPSA) is 58.9 Å². The van der Waals surface area contributed by atoms with Crippen LogP contribution in [0.25, 0.3) is 0 Å². The van der Waals surface area contributed by atoms with Gasteiger partial charge >= 0.3 is 7.15 Å². The highest BCUT2D eigenvalue weighted by Gasteiger charge is 2.34. The molecule has 1 fully saturated rings. The molecule has 2 rings (SSSR count). The molecule has 0 amide bonds. The minimum absolute atomic E-state index is 0.0652. The van der Waals surface area contributed by atoms with Gasteiger partial charge in [0.1, 0.15) is 6.61 Å². The van der Waals surface area contributed by atoms with E-state index in [1.54, 1.807) is 0 Å². The highest BCUT2D eigenvalue weighted by molar-refractivity contribution is 8.47. The first-order chi connectivity index (χ1) is 8.53. The van der Waals surface area contributed by atoms with Gasteiger partial charge in [-0.05, 0) is 24.8 Å². The minimum atomic E-state index is -3.44. The zero-order valence-corrected chi connectivity index (χ0v) is 11.8. The van der Waals surface area contributed by atoms with E-state index >= 15 is 0 Å². The molecular weight excluding hydrogens is 271 g/mol. The Balaban J connectivity index is 1.75. The summed E-state index contributed by atoms with van der Waals surface area (Å²) in [5, 5.41) is 0. The molecule has 0 bridgehead atoms. The van der Waals surface area contributed by atoms with Gasteiger partial charge in [-0.1, -0.05) is 30.3 Å². The van der Waals surface area contributed by atoms with E-state index in [9.17, 15) is 0 Å². The van der Waals surface area contributed by atoms with E-state index in [4.69, 9.17) is 19.0 Å². The largest absolute Gasteiger partial charge is 0.472 e. The average Bonchev–Trinajstić information content (AvgIpc) is 2.75. The lowest BCUT2D eigenvalue weighted by molar-refractivity contribution is 0.0152. The van der Waals surface area contributed by atoms with Crippen LogP contribution in [0.1, 0.15) is 18.4 Å². The highest BCUT2D eigenvalue weighted by atomic mass is 32.7. The zero-order chi connectivity index (χ0) is 13.0. The van der Waals surface area contributed by atoms with Crippen LogP contribution in [0.15, 0.2) is 30.3 Å². The van der Waals surface area contributed by atoms with Crippen molar-refractivity contribution in [3.63, 3.8) is 0 Å². The normalized spacial score (nSPS) is 24.4. The molecule has 1 aromatic carbocycles. The molecule has 1 saturated heterocycles. The lowest BCUT2D eigenvalue weighted by Crippen LogP contribution is -2.17. The second kappa shape index (κ2) is 6.33. The molecule has 100 valence electrons. The molecule has 0 saturated carbocycles. The maximum atomic E-state index is 9.03. The number of rotatable bonds is 5.